The van der Waals surface area contributed by atoms with Gasteiger partial charge in [0.15, 0.2) is 0 Å². The van der Waals surface area contributed by atoms with Crippen LogP contribution in [0.25, 0.3) is 0 Å². The number of nitrogens with one attached hydrogen (secondary N) is 1. The van der Waals surface area contributed by atoms with E-state index >= 15 is 0 Å². The maximum atomic E-state index is 3.44. The summed E-state index contributed by atoms with van der Waals surface area (Å²) in [5.74, 6) is 0. The molecule has 1 atom stereocenters. The van der Waals surface area contributed by atoms with Gasteiger partial charge in [-0.2, -0.15) is 0 Å². The highest BCUT2D eigenvalue weighted by Crippen LogP contribution is 2.32. The third-order valence-corrected chi connectivity index (χ3v) is 4.61. The zero-order valence-corrected chi connectivity index (χ0v) is 12.1. The van der Waals surface area contributed by atoms with Crippen molar-refractivity contribution >= 4 is 11.3 Å². The van der Waals surface area contributed by atoms with Gasteiger partial charge in [0.1, 0.15) is 0 Å². The molecule has 1 saturated heterocycles. The van der Waals surface area contributed by atoms with E-state index in [0.717, 1.165) is 26.2 Å². The predicted octanol–water partition coefficient (Wildman–Crippen LogP) is 3.05. The van der Waals surface area contributed by atoms with Gasteiger partial charge in [-0.3, -0.25) is 4.90 Å². The van der Waals surface area contributed by atoms with Gasteiger partial charge in [-0.05, 0) is 23.9 Å². The van der Waals surface area contributed by atoms with Gasteiger partial charge in [-0.15, -0.1) is 11.3 Å². The van der Waals surface area contributed by atoms with E-state index in [9.17, 15) is 0 Å². The van der Waals surface area contributed by atoms with Crippen molar-refractivity contribution in [2.75, 3.05) is 26.2 Å². The van der Waals surface area contributed by atoms with Gasteiger partial charge in [0.05, 0.1) is 6.04 Å². The van der Waals surface area contributed by atoms with Crippen LogP contribution in [0.2, 0.25) is 0 Å². The number of hydrogen-bond acceptors (Lipinski definition) is 3. The summed E-state index contributed by atoms with van der Waals surface area (Å²) in [7, 11) is 0. The van der Waals surface area contributed by atoms with Crippen LogP contribution in [0.4, 0.5) is 0 Å². The highest BCUT2D eigenvalue weighted by molar-refractivity contribution is 7.10. The Bertz CT molecular complexity index is 515. The maximum Gasteiger partial charge on any atom is 0.0697 e. The van der Waals surface area contributed by atoms with Crippen molar-refractivity contribution in [1.82, 2.24) is 10.2 Å². The van der Waals surface area contributed by atoms with E-state index < -0.39 is 0 Å². The third kappa shape index (κ3) is 2.89. The van der Waals surface area contributed by atoms with Crippen LogP contribution >= 0.6 is 11.3 Å². The minimum absolute atomic E-state index is 0.419. The lowest BCUT2D eigenvalue weighted by molar-refractivity contribution is 0.200. The van der Waals surface area contributed by atoms with Crippen molar-refractivity contribution in [3.8, 4) is 0 Å². The first-order chi connectivity index (χ1) is 9.34. The van der Waals surface area contributed by atoms with Gasteiger partial charge < -0.3 is 5.32 Å². The number of benzene rings is 1. The molecule has 100 valence electrons. The highest BCUT2D eigenvalue weighted by atomic mass is 32.1. The van der Waals surface area contributed by atoms with E-state index in [-0.39, 0.29) is 0 Å². The quantitative estimate of drug-likeness (QED) is 0.924. The molecule has 2 heterocycles. The Balaban J connectivity index is 1.96. The standard InChI is InChI=1S/C16H20N2S/c1-13-4-2-5-14(12-13)16(15-6-3-11-19-15)18-9-7-17-8-10-18/h2-6,11-12,16-17H,7-10H2,1H3/t16-/m0/s1. The molecule has 1 fully saturated rings. The topological polar surface area (TPSA) is 15.3 Å². The molecule has 1 N–H and O–H groups in total. The van der Waals surface area contributed by atoms with Gasteiger partial charge in [0.25, 0.3) is 0 Å². The van der Waals surface area contributed by atoms with Crippen LogP contribution < -0.4 is 5.32 Å². The van der Waals surface area contributed by atoms with E-state index in [0.29, 0.717) is 6.04 Å². The van der Waals surface area contributed by atoms with Crippen LogP contribution in [0.3, 0.4) is 0 Å². The fourth-order valence-corrected chi connectivity index (χ4v) is 3.67. The van der Waals surface area contributed by atoms with Crippen LogP contribution in [-0.4, -0.2) is 31.1 Å². The van der Waals surface area contributed by atoms with Gasteiger partial charge in [-0.25, -0.2) is 0 Å². The van der Waals surface area contributed by atoms with Crippen molar-refractivity contribution in [3.05, 3.63) is 57.8 Å². The van der Waals surface area contributed by atoms with Gasteiger partial charge in [0.2, 0.25) is 0 Å². The first-order valence-corrected chi connectivity index (χ1v) is 7.77. The summed E-state index contributed by atoms with van der Waals surface area (Å²) in [5.41, 5.74) is 2.76. The number of thiophene rings is 1. The number of hydrogen-bond donors (Lipinski definition) is 1. The number of aryl methyl sites for hydroxylation is 1. The first-order valence-electron chi connectivity index (χ1n) is 6.89. The Morgan fingerprint density at radius 3 is 2.68 bits per heavy atom. The van der Waals surface area contributed by atoms with Crippen molar-refractivity contribution < 1.29 is 0 Å². The monoisotopic (exact) mass is 272 g/mol. The average Bonchev–Trinajstić information content (AvgIpc) is 2.94. The molecule has 1 aliphatic heterocycles. The molecule has 0 unspecified atom stereocenters. The molecule has 3 rings (SSSR count). The average molecular weight is 272 g/mol. The Labute approximate surface area is 119 Å². The second kappa shape index (κ2) is 5.87. The minimum Gasteiger partial charge on any atom is -0.314 e. The lowest BCUT2D eigenvalue weighted by Gasteiger charge is -2.34. The summed E-state index contributed by atoms with van der Waals surface area (Å²) >= 11 is 1.86. The molecule has 19 heavy (non-hydrogen) atoms. The molecule has 2 aromatic rings. The summed E-state index contributed by atoms with van der Waals surface area (Å²) in [4.78, 5) is 4.05. The Morgan fingerprint density at radius 2 is 2.00 bits per heavy atom. The molecule has 2 nitrogen and oxygen atoms in total. The summed E-state index contributed by atoms with van der Waals surface area (Å²) in [5, 5.41) is 5.62. The molecule has 1 aromatic heterocycles. The molecule has 0 saturated carbocycles. The Kier molecular flexibility index (Phi) is 3.97. The molecular formula is C16H20N2S. The normalized spacial score (nSPS) is 18.4. The second-order valence-electron chi connectivity index (χ2n) is 5.12. The van der Waals surface area contributed by atoms with Crippen LogP contribution in [0.1, 0.15) is 22.0 Å². The maximum absolute atomic E-state index is 3.44. The molecule has 0 radical (unpaired) electrons. The molecular weight excluding hydrogens is 252 g/mol. The van der Waals surface area contributed by atoms with Crippen LogP contribution in [0.15, 0.2) is 41.8 Å². The molecule has 3 heteroatoms. The van der Waals surface area contributed by atoms with Crippen LogP contribution in [0.5, 0.6) is 0 Å². The van der Waals surface area contributed by atoms with E-state index in [1.165, 1.54) is 16.0 Å². The minimum atomic E-state index is 0.419. The van der Waals surface area contributed by atoms with Crippen molar-refractivity contribution in [2.24, 2.45) is 0 Å². The largest absolute Gasteiger partial charge is 0.314 e. The SMILES string of the molecule is Cc1cccc([C@@H](c2cccs2)N2CCNCC2)c1. The lowest BCUT2D eigenvalue weighted by Crippen LogP contribution is -2.45. The first kappa shape index (κ1) is 12.9. The van der Waals surface area contributed by atoms with E-state index in [1.807, 2.05) is 11.3 Å². The smallest absolute Gasteiger partial charge is 0.0697 e. The summed E-state index contributed by atoms with van der Waals surface area (Å²) in [6.45, 7) is 6.60. The fourth-order valence-electron chi connectivity index (χ4n) is 2.78. The van der Waals surface area contributed by atoms with Gasteiger partial charge in [-0.1, -0.05) is 35.9 Å². The Hall–Kier alpha value is -1.16. The van der Waals surface area contributed by atoms with E-state index in [4.69, 9.17) is 0 Å². The number of rotatable bonds is 3. The second-order valence-corrected chi connectivity index (χ2v) is 6.10. The molecule has 0 spiro atoms. The number of nitrogens with zero attached hydrogens (tertiary/aromatic N) is 1. The summed E-state index contributed by atoms with van der Waals surface area (Å²) < 4.78 is 0. The molecule has 0 bridgehead atoms. The molecule has 1 aliphatic rings. The third-order valence-electron chi connectivity index (χ3n) is 3.69. The van der Waals surface area contributed by atoms with E-state index in [1.54, 1.807) is 0 Å². The molecule has 1 aromatic carbocycles. The summed E-state index contributed by atoms with van der Waals surface area (Å²) in [6.07, 6.45) is 0. The van der Waals surface area contributed by atoms with E-state index in [2.05, 4.69) is 58.9 Å². The van der Waals surface area contributed by atoms with Gasteiger partial charge >= 0.3 is 0 Å². The number of piperazine rings is 1. The van der Waals surface area contributed by atoms with Gasteiger partial charge in [0, 0.05) is 31.1 Å². The zero-order chi connectivity index (χ0) is 13.1. The van der Waals surface area contributed by atoms with Crippen LogP contribution in [-0.2, 0) is 0 Å². The summed E-state index contributed by atoms with van der Waals surface area (Å²) in [6, 6.07) is 13.8. The van der Waals surface area contributed by atoms with Crippen molar-refractivity contribution in [1.29, 1.82) is 0 Å². The Morgan fingerprint density at radius 1 is 1.16 bits per heavy atom. The van der Waals surface area contributed by atoms with Crippen molar-refractivity contribution in [3.63, 3.8) is 0 Å². The lowest BCUT2D eigenvalue weighted by atomic mass is 10.0. The highest BCUT2D eigenvalue weighted by Gasteiger charge is 2.24. The van der Waals surface area contributed by atoms with Crippen LogP contribution in [0, 0.1) is 6.92 Å². The van der Waals surface area contributed by atoms with Crippen molar-refractivity contribution in [2.45, 2.75) is 13.0 Å². The molecule has 0 amide bonds. The molecule has 0 aliphatic carbocycles. The zero-order valence-electron chi connectivity index (χ0n) is 11.3. The predicted molar refractivity (Wildman–Crippen MR) is 81.8 cm³/mol. The fraction of sp³-hybridized carbons (Fsp3) is 0.375.